The van der Waals surface area contributed by atoms with Gasteiger partial charge in [-0.2, -0.15) is 0 Å². The van der Waals surface area contributed by atoms with Gasteiger partial charge in [0.25, 0.3) is 0 Å². The molecule has 44 valence electrons. The molecule has 0 bridgehead atoms. The maximum atomic E-state index is 5.27. The summed E-state index contributed by atoms with van der Waals surface area (Å²) in [6.45, 7) is 0.489. The summed E-state index contributed by atoms with van der Waals surface area (Å²) in [6.07, 6.45) is 1.75. The summed E-state index contributed by atoms with van der Waals surface area (Å²) >= 11 is 2.15. The van der Waals surface area contributed by atoms with Gasteiger partial charge in [-0.25, -0.2) is 4.98 Å². The van der Waals surface area contributed by atoms with Gasteiger partial charge >= 0.3 is 0 Å². The monoisotopic (exact) mass is 223 g/mol. The quantitative estimate of drug-likeness (QED) is 0.680. The number of aromatic amines is 1. The standard InChI is InChI=1S/C4H6IN3/c5-3-2-7-4(1-6)8-3/h2H,1,6H2,(H,7,8). The molecule has 0 aliphatic heterocycles. The van der Waals surface area contributed by atoms with E-state index in [1.807, 2.05) is 0 Å². The molecule has 3 nitrogen and oxygen atoms in total. The van der Waals surface area contributed by atoms with E-state index in [4.69, 9.17) is 5.73 Å². The molecule has 0 spiro atoms. The first-order valence-electron chi connectivity index (χ1n) is 2.22. The number of H-pyrrole nitrogens is 1. The van der Waals surface area contributed by atoms with Crippen molar-refractivity contribution in [2.75, 3.05) is 0 Å². The van der Waals surface area contributed by atoms with Gasteiger partial charge in [-0.05, 0) is 22.6 Å². The fourth-order valence-electron chi connectivity index (χ4n) is 0.441. The molecule has 0 atom stereocenters. The van der Waals surface area contributed by atoms with Crippen LogP contribution in [0.2, 0.25) is 0 Å². The second kappa shape index (κ2) is 2.45. The van der Waals surface area contributed by atoms with Crippen LogP contribution in [0, 0.1) is 3.70 Å². The van der Waals surface area contributed by atoms with Crippen LogP contribution in [-0.2, 0) is 6.54 Å². The van der Waals surface area contributed by atoms with Crippen molar-refractivity contribution in [1.82, 2.24) is 9.97 Å². The fourth-order valence-corrected chi connectivity index (χ4v) is 0.891. The lowest BCUT2D eigenvalue weighted by Gasteiger charge is -1.81. The molecule has 0 saturated carbocycles. The third kappa shape index (κ3) is 1.19. The van der Waals surface area contributed by atoms with Gasteiger partial charge in [0, 0.05) is 0 Å². The average Bonchev–Trinajstić information content (AvgIpc) is 2.14. The van der Waals surface area contributed by atoms with E-state index in [0.717, 1.165) is 9.53 Å². The molecule has 0 radical (unpaired) electrons. The summed E-state index contributed by atoms with van der Waals surface area (Å²) in [4.78, 5) is 6.92. The summed E-state index contributed by atoms with van der Waals surface area (Å²) in [5.74, 6) is 0.842. The number of nitrogens with zero attached hydrogens (tertiary/aromatic N) is 1. The van der Waals surface area contributed by atoms with Gasteiger partial charge in [-0.3, -0.25) is 0 Å². The predicted octanol–water partition coefficient (Wildman–Crippen LogP) is 0.473. The normalized spacial score (nSPS) is 9.75. The van der Waals surface area contributed by atoms with Crippen molar-refractivity contribution in [1.29, 1.82) is 0 Å². The van der Waals surface area contributed by atoms with Crippen LogP contribution in [0.5, 0.6) is 0 Å². The Morgan fingerprint density at radius 1 is 1.88 bits per heavy atom. The minimum atomic E-state index is 0.489. The van der Waals surface area contributed by atoms with Crippen LogP contribution in [0.15, 0.2) is 6.20 Å². The molecule has 1 aromatic rings. The molecule has 1 heterocycles. The molecule has 8 heavy (non-hydrogen) atoms. The highest BCUT2D eigenvalue weighted by Crippen LogP contribution is 1.98. The second-order valence-electron chi connectivity index (χ2n) is 1.38. The Hall–Kier alpha value is -0.100. The van der Waals surface area contributed by atoms with Crippen molar-refractivity contribution in [3.05, 3.63) is 15.7 Å². The number of hydrogen-bond acceptors (Lipinski definition) is 2. The van der Waals surface area contributed by atoms with Crippen molar-refractivity contribution >= 4 is 22.6 Å². The van der Waals surface area contributed by atoms with E-state index >= 15 is 0 Å². The number of hydrogen-bond donors (Lipinski definition) is 2. The van der Waals surface area contributed by atoms with E-state index in [2.05, 4.69) is 32.6 Å². The van der Waals surface area contributed by atoms with E-state index in [0.29, 0.717) is 6.54 Å². The molecule has 0 aromatic carbocycles. The van der Waals surface area contributed by atoms with Crippen LogP contribution < -0.4 is 5.73 Å². The van der Waals surface area contributed by atoms with Crippen LogP contribution in [-0.4, -0.2) is 9.97 Å². The zero-order chi connectivity index (χ0) is 5.98. The summed E-state index contributed by atoms with van der Waals surface area (Å²) in [7, 11) is 0. The van der Waals surface area contributed by atoms with Crippen LogP contribution in [0.25, 0.3) is 0 Å². The van der Waals surface area contributed by atoms with Crippen LogP contribution in [0.1, 0.15) is 5.82 Å². The third-order valence-electron chi connectivity index (χ3n) is 0.791. The fraction of sp³-hybridized carbons (Fsp3) is 0.250. The Balaban J connectivity index is 2.84. The minimum Gasteiger partial charge on any atom is -0.336 e. The van der Waals surface area contributed by atoms with E-state index < -0.39 is 0 Å². The van der Waals surface area contributed by atoms with Gasteiger partial charge in [0.1, 0.15) is 5.82 Å². The Kier molecular flexibility index (Phi) is 1.85. The van der Waals surface area contributed by atoms with Crippen molar-refractivity contribution in [3.8, 4) is 0 Å². The van der Waals surface area contributed by atoms with Gasteiger partial charge < -0.3 is 10.7 Å². The van der Waals surface area contributed by atoms with Crippen molar-refractivity contribution in [2.45, 2.75) is 6.54 Å². The maximum absolute atomic E-state index is 5.27. The zero-order valence-electron chi connectivity index (χ0n) is 4.19. The molecular weight excluding hydrogens is 217 g/mol. The van der Waals surface area contributed by atoms with Crippen LogP contribution >= 0.6 is 22.6 Å². The van der Waals surface area contributed by atoms with Gasteiger partial charge in [0.15, 0.2) is 0 Å². The SMILES string of the molecule is NCc1ncc(I)[nH]1. The molecule has 0 aliphatic rings. The van der Waals surface area contributed by atoms with Gasteiger partial charge in [0.2, 0.25) is 0 Å². The van der Waals surface area contributed by atoms with Crippen molar-refractivity contribution in [2.24, 2.45) is 5.73 Å². The highest BCUT2D eigenvalue weighted by molar-refractivity contribution is 14.1. The summed E-state index contributed by atoms with van der Waals surface area (Å²) in [5, 5.41) is 0. The summed E-state index contributed by atoms with van der Waals surface area (Å²) in [6, 6.07) is 0. The zero-order valence-corrected chi connectivity index (χ0v) is 6.34. The average molecular weight is 223 g/mol. The Labute approximate surface area is 60.8 Å². The molecule has 0 unspecified atom stereocenters. The lowest BCUT2D eigenvalue weighted by atomic mass is 10.6. The molecule has 0 aliphatic carbocycles. The van der Waals surface area contributed by atoms with Gasteiger partial charge in [0.05, 0.1) is 16.4 Å². The molecule has 3 N–H and O–H groups in total. The molecule has 4 heteroatoms. The predicted molar refractivity (Wildman–Crippen MR) is 39.2 cm³/mol. The minimum absolute atomic E-state index is 0.489. The molecule has 0 saturated heterocycles. The highest BCUT2D eigenvalue weighted by atomic mass is 127. The first-order valence-corrected chi connectivity index (χ1v) is 3.30. The summed E-state index contributed by atoms with van der Waals surface area (Å²) < 4.78 is 1.03. The van der Waals surface area contributed by atoms with E-state index in [1.165, 1.54) is 0 Å². The second-order valence-corrected chi connectivity index (χ2v) is 2.54. The number of rotatable bonds is 1. The molecule has 1 rings (SSSR count). The largest absolute Gasteiger partial charge is 0.336 e. The Morgan fingerprint density at radius 3 is 2.88 bits per heavy atom. The summed E-state index contributed by atoms with van der Waals surface area (Å²) in [5.41, 5.74) is 5.27. The maximum Gasteiger partial charge on any atom is 0.120 e. The molecule has 0 fully saturated rings. The van der Waals surface area contributed by atoms with Crippen LogP contribution in [0.3, 0.4) is 0 Å². The molecule has 1 aromatic heterocycles. The number of nitrogens with one attached hydrogen (secondary N) is 1. The number of halogens is 1. The van der Waals surface area contributed by atoms with E-state index in [-0.39, 0.29) is 0 Å². The lowest BCUT2D eigenvalue weighted by molar-refractivity contribution is 0.946. The van der Waals surface area contributed by atoms with E-state index in [1.54, 1.807) is 6.20 Å². The van der Waals surface area contributed by atoms with Gasteiger partial charge in [-0.1, -0.05) is 0 Å². The third-order valence-corrected chi connectivity index (χ3v) is 1.34. The number of aromatic nitrogens is 2. The van der Waals surface area contributed by atoms with E-state index in [9.17, 15) is 0 Å². The first-order chi connectivity index (χ1) is 3.83. The Bertz CT molecular complexity index is 172. The number of imidazole rings is 1. The smallest absolute Gasteiger partial charge is 0.120 e. The van der Waals surface area contributed by atoms with Crippen LogP contribution in [0.4, 0.5) is 0 Å². The molecular formula is C4H6IN3. The highest BCUT2D eigenvalue weighted by Gasteiger charge is 1.90. The molecule has 0 amide bonds. The first kappa shape index (κ1) is 6.03. The topological polar surface area (TPSA) is 54.7 Å². The van der Waals surface area contributed by atoms with Crippen molar-refractivity contribution < 1.29 is 0 Å². The number of nitrogens with two attached hydrogens (primary N) is 1. The van der Waals surface area contributed by atoms with Crippen molar-refractivity contribution in [3.63, 3.8) is 0 Å². The van der Waals surface area contributed by atoms with Gasteiger partial charge in [-0.15, -0.1) is 0 Å². The Morgan fingerprint density at radius 2 is 2.62 bits per heavy atom. The lowest BCUT2D eigenvalue weighted by Crippen LogP contribution is -1.97.